The molecule has 2 aromatic heterocycles. The Bertz CT molecular complexity index is 946. The van der Waals surface area contributed by atoms with Crippen molar-refractivity contribution >= 4 is 22.4 Å². The van der Waals surface area contributed by atoms with Crippen molar-refractivity contribution < 1.29 is 19.4 Å². The molecule has 0 aliphatic heterocycles. The zero-order valence-electron chi connectivity index (χ0n) is 19.9. The zero-order chi connectivity index (χ0) is 23.6. The van der Waals surface area contributed by atoms with Crippen molar-refractivity contribution in [3.05, 3.63) is 34.7 Å². The number of fused-ring (bicyclic) bond motifs is 2. The third-order valence-electron chi connectivity index (χ3n) is 8.13. The summed E-state index contributed by atoms with van der Waals surface area (Å²) in [6.45, 7) is 7.57. The maximum Gasteiger partial charge on any atom is 0.221 e. The molecule has 5 atom stereocenters. The van der Waals surface area contributed by atoms with E-state index >= 15 is 0 Å². The molecule has 4 rings (SSSR count). The van der Waals surface area contributed by atoms with Gasteiger partial charge in [-0.3, -0.25) is 4.79 Å². The van der Waals surface area contributed by atoms with Crippen LogP contribution in [0, 0.1) is 16.7 Å². The number of unbranched alkanes of at least 4 members (excludes halogenated alkanes) is 1. The summed E-state index contributed by atoms with van der Waals surface area (Å²) < 4.78 is 5.35. The van der Waals surface area contributed by atoms with Gasteiger partial charge in [0.05, 0.1) is 31.2 Å². The Morgan fingerprint density at radius 1 is 1.39 bits per heavy atom. The zero-order valence-corrected chi connectivity index (χ0v) is 20.7. The van der Waals surface area contributed by atoms with Crippen LogP contribution in [0.25, 0.3) is 0 Å². The molecule has 1 fully saturated rings. The maximum absolute atomic E-state index is 13.1. The number of carbonyl (C=O) groups excluding carboxylic acids is 1. The molecule has 1 saturated carbocycles. The summed E-state index contributed by atoms with van der Waals surface area (Å²) in [7, 11) is 0. The molecular weight excluding hydrogens is 438 g/mol. The fraction of sp³-hybridized carbons (Fsp3) is 0.680. The Labute approximate surface area is 200 Å². The first-order chi connectivity index (χ1) is 15.8. The lowest BCUT2D eigenvalue weighted by atomic mass is 9.47. The summed E-state index contributed by atoms with van der Waals surface area (Å²) in [5.41, 5.74) is 0.177. The van der Waals surface area contributed by atoms with E-state index in [9.17, 15) is 15.0 Å². The maximum atomic E-state index is 13.1. The molecule has 2 aliphatic rings. The van der Waals surface area contributed by atoms with Gasteiger partial charge in [0.15, 0.2) is 5.13 Å². The van der Waals surface area contributed by atoms with Crippen LogP contribution in [0.5, 0.6) is 0 Å². The minimum Gasteiger partial charge on any atom is -0.467 e. The predicted molar refractivity (Wildman–Crippen MR) is 129 cm³/mol. The van der Waals surface area contributed by atoms with E-state index in [1.807, 2.05) is 19.1 Å². The van der Waals surface area contributed by atoms with Gasteiger partial charge in [0, 0.05) is 29.2 Å². The highest BCUT2D eigenvalue weighted by atomic mass is 32.1. The highest BCUT2D eigenvalue weighted by Gasteiger charge is 2.59. The standard InChI is InChI=1S/C25H37N3O4S/c1-4-5-10-26-23-28-22-17(12-21(31)27-14-16-7-6-11-32-16)24(2)9-8-20(30)25(3,15-29)19(24)13-18(22)33-23/h6-7,11,17,19-20,29-30H,4-5,8-10,12-15H2,1-3H3,(H,26,28)(H,27,31)/t17-,19-,20-,24+,25+/m1/s1. The summed E-state index contributed by atoms with van der Waals surface area (Å²) in [6.07, 6.45) is 5.78. The second kappa shape index (κ2) is 9.76. The molecule has 4 N–H and O–H groups in total. The summed E-state index contributed by atoms with van der Waals surface area (Å²) in [4.78, 5) is 19.2. The number of amides is 1. The number of nitrogens with one attached hydrogen (secondary N) is 2. The van der Waals surface area contributed by atoms with Crippen molar-refractivity contribution in [1.82, 2.24) is 10.3 Å². The summed E-state index contributed by atoms with van der Waals surface area (Å²) in [6, 6.07) is 3.66. The Hall–Kier alpha value is -1.90. The Balaban J connectivity index is 1.63. The lowest BCUT2D eigenvalue weighted by Crippen LogP contribution is -2.57. The van der Waals surface area contributed by atoms with E-state index < -0.39 is 11.5 Å². The minimum atomic E-state index is -0.604. The fourth-order valence-corrected chi connectivity index (χ4v) is 7.04. The van der Waals surface area contributed by atoms with Gasteiger partial charge in [-0.15, -0.1) is 11.3 Å². The monoisotopic (exact) mass is 475 g/mol. The van der Waals surface area contributed by atoms with Crippen LogP contribution in [0.3, 0.4) is 0 Å². The molecule has 0 unspecified atom stereocenters. The third kappa shape index (κ3) is 4.57. The highest BCUT2D eigenvalue weighted by molar-refractivity contribution is 7.15. The molecule has 0 aromatic carbocycles. The van der Waals surface area contributed by atoms with Crippen molar-refractivity contribution in [1.29, 1.82) is 0 Å². The molecule has 8 heteroatoms. The smallest absolute Gasteiger partial charge is 0.221 e. The topological polar surface area (TPSA) is 108 Å². The van der Waals surface area contributed by atoms with Crippen LogP contribution >= 0.6 is 11.3 Å². The van der Waals surface area contributed by atoms with E-state index in [-0.39, 0.29) is 29.8 Å². The largest absolute Gasteiger partial charge is 0.467 e. The van der Waals surface area contributed by atoms with Crippen LogP contribution in [0.2, 0.25) is 0 Å². The molecular formula is C25H37N3O4S. The van der Waals surface area contributed by atoms with Gasteiger partial charge >= 0.3 is 0 Å². The van der Waals surface area contributed by atoms with E-state index in [1.165, 1.54) is 4.88 Å². The van der Waals surface area contributed by atoms with Crippen molar-refractivity contribution in [3.8, 4) is 0 Å². The predicted octanol–water partition coefficient (Wildman–Crippen LogP) is 4.07. The van der Waals surface area contributed by atoms with Crippen LogP contribution < -0.4 is 10.6 Å². The minimum absolute atomic E-state index is 0.0328. The van der Waals surface area contributed by atoms with E-state index in [2.05, 4.69) is 24.5 Å². The Kier molecular flexibility index (Phi) is 7.17. The molecule has 2 aromatic rings. The average Bonchev–Trinajstić information content (AvgIpc) is 3.46. The fourth-order valence-electron chi connectivity index (χ4n) is 5.95. The van der Waals surface area contributed by atoms with E-state index in [4.69, 9.17) is 9.40 Å². The van der Waals surface area contributed by atoms with Gasteiger partial charge in [-0.2, -0.15) is 0 Å². The normalized spacial score (nSPS) is 31.0. The lowest BCUT2D eigenvalue weighted by molar-refractivity contribution is -0.144. The molecule has 0 radical (unpaired) electrons. The van der Waals surface area contributed by atoms with Gasteiger partial charge in [-0.1, -0.05) is 27.2 Å². The lowest BCUT2D eigenvalue weighted by Gasteiger charge is -2.58. The van der Waals surface area contributed by atoms with Gasteiger partial charge < -0.3 is 25.3 Å². The summed E-state index contributed by atoms with van der Waals surface area (Å²) >= 11 is 1.66. The van der Waals surface area contributed by atoms with E-state index in [0.29, 0.717) is 19.4 Å². The first kappa shape index (κ1) is 24.2. The molecule has 2 aliphatic carbocycles. The summed E-state index contributed by atoms with van der Waals surface area (Å²) in [5.74, 6) is 0.688. The number of aromatic nitrogens is 1. The van der Waals surface area contributed by atoms with Gasteiger partial charge in [-0.25, -0.2) is 4.98 Å². The van der Waals surface area contributed by atoms with Gasteiger partial charge in [-0.05, 0) is 49.1 Å². The summed E-state index contributed by atoms with van der Waals surface area (Å²) in [5, 5.41) is 28.6. The third-order valence-corrected chi connectivity index (χ3v) is 9.18. The number of hydrogen-bond donors (Lipinski definition) is 4. The van der Waals surface area contributed by atoms with Crippen molar-refractivity contribution in [2.45, 2.75) is 77.9 Å². The van der Waals surface area contributed by atoms with Crippen LogP contribution in [-0.2, 0) is 17.8 Å². The number of anilines is 1. The first-order valence-electron chi connectivity index (χ1n) is 12.1. The second-order valence-corrected chi connectivity index (χ2v) is 11.3. The molecule has 1 amide bonds. The van der Waals surface area contributed by atoms with Crippen molar-refractivity contribution in [2.75, 3.05) is 18.5 Å². The number of rotatable bonds is 9. The number of furan rings is 1. The molecule has 33 heavy (non-hydrogen) atoms. The van der Waals surface area contributed by atoms with Crippen LogP contribution in [0.1, 0.15) is 75.1 Å². The van der Waals surface area contributed by atoms with Gasteiger partial charge in [0.1, 0.15) is 5.76 Å². The Morgan fingerprint density at radius 2 is 2.21 bits per heavy atom. The number of aliphatic hydroxyl groups excluding tert-OH is 2. The number of nitrogens with zero attached hydrogens (tertiary/aromatic N) is 1. The van der Waals surface area contributed by atoms with Crippen LogP contribution in [-0.4, -0.2) is 40.4 Å². The Morgan fingerprint density at radius 3 is 2.91 bits per heavy atom. The van der Waals surface area contributed by atoms with Crippen molar-refractivity contribution in [2.24, 2.45) is 16.7 Å². The molecule has 2 heterocycles. The number of thiazole rings is 1. The van der Waals surface area contributed by atoms with E-state index in [1.54, 1.807) is 17.6 Å². The van der Waals surface area contributed by atoms with Crippen LogP contribution in [0.15, 0.2) is 22.8 Å². The molecule has 0 spiro atoms. The highest BCUT2D eigenvalue weighted by Crippen LogP contribution is 2.62. The molecule has 182 valence electrons. The van der Waals surface area contributed by atoms with E-state index in [0.717, 1.165) is 48.8 Å². The first-order valence-corrected chi connectivity index (χ1v) is 12.9. The number of aliphatic hydroxyl groups is 2. The molecule has 7 nitrogen and oxygen atoms in total. The number of hydrogen-bond acceptors (Lipinski definition) is 7. The molecule has 0 bridgehead atoms. The second-order valence-electron chi connectivity index (χ2n) is 10.2. The average molecular weight is 476 g/mol. The van der Waals surface area contributed by atoms with Gasteiger partial charge in [0.25, 0.3) is 0 Å². The van der Waals surface area contributed by atoms with Crippen LogP contribution in [0.4, 0.5) is 5.13 Å². The molecule has 0 saturated heterocycles. The van der Waals surface area contributed by atoms with Crippen molar-refractivity contribution in [3.63, 3.8) is 0 Å². The number of carbonyl (C=O) groups is 1. The quantitative estimate of drug-likeness (QED) is 0.407. The van der Waals surface area contributed by atoms with Gasteiger partial charge in [0.2, 0.25) is 5.91 Å². The SMILES string of the molecule is CCCCNc1nc2c(s1)C[C@H]1[C@](C)(CO)[C@H](O)CC[C@@]1(C)[C@@H]2CC(=O)NCc1ccco1.